The normalized spacial score (nSPS) is 16.5. The van der Waals surface area contributed by atoms with Crippen LogP contribution in [0.15, 0.2) is 18.2 Å². The molecule has 0 saturated heterocycles. The number of benzene rings is 1. The van der Waals surface area contributed by atoms with Gasteiger partial charge in [-0.05, 0) is 38.0 Å². The van der Waals surface area contributed by atoms with Gasteiger partial charge in [-0.1, -0.05) is 19.3 Å². The summed E-state index contributed by atoms with van der Waals surface area (Å²) in [6.45, 7) is 1.62. The van der Waals surface area contributed by atoms with Gasteiger partial charge in [-0.2, -0.15) is 0 Å². The Morgan fingerprint density at radius 2 is 1.91 bits per heavy atom. The maximum atomic E-state index is 12.4. The lowest BCUT2D eigenvalue weighted by molar-refractivity contribution is -0.120. The lowest BCUT2D eigenvalue weighted by Crippen LogP contribution is -2.32. The molecule has 0 aliphatic heterocycles. The van der Waals surface area contributed by atoms with Gasteiger partial charge in [0.2, 0.25) is 11.8 Å². The first-order chi connectivity index (χ1) is 11.0. The first-order valence-electron chi connectivity index (χ1n) is 8.06. The molecule has 2 amide bonds. The van der Waals surface area contributed by atoms with Crippen molar-refractivity contribution >= 4 is 23.2 Å². The highest BCUT2D eigenvalue weighted by Crippen LogP contribution is 2.30. The molecule has 1 saturated carbocycles. The summed E-state index contributed by atoms with van der Waals surface area (Å²) in [7, 11) is 1.55. The van der Waals surface area contributed by atoms with Gasteiger partial charge in [0, 0.05) is 11.6 Å². The third-order valence-corrected chi connectivity index (χ3v) is 4.11. The third kappa shape index (κ3) is 4.69. The van der Waals surface area contributed by atoms with Crippen molar-refractivity contribution in [3.8, 4) is 5.75 Å². The molecule has 1 aliphatic rings. The van der Waals surface area contributed by atoms with Gasteiger partial charge in [0.15, 0.2) is 0 Å². The summed E-state index contributed by atoms with van der Waals surface area (Å²) >= 11 is 0. The number of hydrogen-bond acceptors (Lipinski definition) is 4. The van der Waals surface area contributed by atoms with E-state index in [1.54, 1.807) is 32.2 Å². The Bertz CT molecular complexity index is 566. The van der Waals surface area contributed by atoms with E-state index in [1.165, 1.54) is 6.42 Å². The van der Waals surface area contributed by atoms with E-state index < -0.39 is 6.04 Å². The van der Waals surface area contributed by atoms with Crippen LogP contribution in [0.25, 0.3) is 0 Å². The first kappa shape index (κ1) is 17.3. The number of methoxy groups -OCH3 is 1. The Morgan fingerprint density at radius 3 is 2.52 bits per heavy atom. The fraction of sp³-hybridized carbons (Fsp3) is 0.529. The number of nitrogens with one attached hydrogen (secondary N) is 2. The summed E-state index contributed by atoms with van der Waals surface area (Å²) in [5.74, 6) is 0.349. The molecule has 0 bridgehead atoms. The maximum absolute atomic E-state index is 12.4. The molecule has 6 nitrogen and oxygen atoms in total. The number of amides is 2. The summed E-state index contributed by atoms with van der Waals surface area (Å²) in [5, 5.41) is 5.64. The predicted octanol–water partition coefficient (Wildman–Crippen LogP) is 2.50. The molecule has 0 heterocycles. The average molecular weight is 319 g/mol. The van der Waals surface area contributed by atoms with Gasteiger partial charge in [-0.15, -0.1) is 0 Å². The zero-order valence-corrected chi connectivity index (χ0v) is 13.7. The second-order valence-electron chi connectivity index (χ2n) is 6.02. The summed E-state index contributed by atoms with van der Waals surface area (Å²) < 4.78 is 5.29. The smallest absolute Gasteiger partial charge is 0.240 e. The fourth-order valence-electron chi connectivity index (χ4n) is 2.74. The van der Waals surface area contributed by atoms with Crippen LogP contribution < -0.4 is 21.1 Å². The molecule has 1 aromatic carbocycles. The lowest BCUT2D eigenvalue weighted by atomic mass is 9.88. The van der Waals surface area contributed by atoms with Crippen LogP contribution in [0, 0.1) is 5.92 Å². The van der Waals surface area contributed by atoms with Crippen molar-refractivity contribution in [2.45, 2.75) is 45.1 Å². The predicted molar refractivity (Wildman–Crippen MR) is 90.5 cm³/mol. The van der Waals surface area contributed by atoms with Gasteiger partial charge in [0.25, 0.3) is 0 Å². The lowest BCUT2D eigenvalue weighted by Gasteiger charge is -2.21. The molecule has 1 atom stereocenters. The molecule has 4 N–H and O–H groups in total. The highest BCUT2D eigenvalue weighted by molar-refractivity contribution is 5.97. The van der Waals surface area contributed by atoms with Crippen LogP contribution in [0.4, 0.5) is 11.4 Å². The Morgan fingerprint density at radius 1 is 1.22 bits per heavy atom. The van der Waals surface area contributed by atoms with Crippen molar-refractivity contribution in [3.05, 3.63) is 18.2 Å². The Labute approximate surface area is 136 Å². The molecule has 126 valence electrons. The monoisotopic (exact) mass is 319 g/mol. The zero-order chi connectivity index (χ0) is 16.8. The van der Waals surface area contributed by atoms with Gasteiger partial charge >= 0.3 is 0 Å². The first-order valence-corrected chi connectivity index (χ1v) is 8.06. The minimum atomic E-state index is -0.600. The molecule has 0 spiro atoms. The van der Waals surface area contributed by atoms with Gasteiger partial charge in [-0.3, -0.25) is 9.59 Å². The van der Waals surface area contributed by atoms with Crippen LogP contribution in [-0.4, -0.2) is 25.0 Å². The van der Waals surface area contributed by atoms with E-state index in [0.29, 0.717) is 17.1 Å². The number of rotatable bonds is 5. The van der Waals surface area contributed by atoms with E-state index in [4.69, 9.17) is 10.5 Å². The minimum absolute atomic E-state index is 0.0127. The molecular weight excluding hydrogens is 294 g/mol. The number of hydrogen-bond donors (Lipinski definition) is 3. The van der Waals surface area contributed by atoms with Crippen LogP contribution >= 0.6 is 0 Å². The molecule has 0 aromatic heterocycles. The quantitative estimate of drug-likeness (QED) is 0.777. The third-order valence-electron chi connectivity index (χ3n) is 4.11. The summed E-state index contributed by atoms with van der Waals surface area (Å²) in [5.41, 5.74) is 6.69. The molecular formula is C17H25N3O3. The summed E-state index contributed by atoms with van der Waals surface area (Å²) in [6.07, 6.45) is 5.25. The van der Waals surface area contributed by atoms with Crippen LogP contribution in [0.2, 0.25) is 0 Å². The molecule has 1 aromatic rings. The summed E-state index contributed by atoms with van der Waals surface area (Å²) in [6, 6.07) is 4.53. The van der Waals surface area contributed by atoms with Gasteiger partial charge in [-0.25, -0.2) is 0 Å². The molecule has 6 heteroatoms. The van der Waals surface area contributed by atoms with Crippen LogP contribution in [0.3, 0.4) is 0 Å². The topological polar surface area (TPSA) is 93.4 Å². The standard InChI is InChI=1S/C17H25N3O3/c1-11(18)16(21)19-13-8-9-15(23-2)14(10-13)20-17(22)12-6-4-3-5-7-12/h8-12H,3-7,18H2,1-2H3,(H,19,21)(H,20,22)/t11-/m0/s1. The van der Waals surface area contributed by atoms with Crippen molar-refractivity contribution in [2.24, 2.45) is 11.7 Å². The van der Waals surface area contributed by atoms with Crippen molar-refractivity contribution in [2.75, 3.05) is 17.7 Å². The molecule has 1 fully saturated rings. The van der Waals surface area contributed by atoms with Crippen molar-refractivity contribution in [1.29, 1.82) is 0 Å². The average Bonchev–Trinajstić information content (AvgIpc) is 2.55. The zero-order valence-electron chi connectivity index (χ0n) is 13.7. The number of nitrogens with two attached hydrogens (primary N) is 1. The molecule has 2 rings (SSSR count). The van der Waals surface area contributed by atoms with Crippen LogP contribution in [-0.2, 0) is 9.59 Å². The maximum Gasteiger partial charge on any atom is 0.240 e. The SMILES string of the molecule is COc1ccc(NC(=O)[C@H](C)N)cc1NC(=O)C1CCCCC1. The van der Waals surface area contributed by atoms with Crippen molar-refractivity contribution in [3.63, 3.8) is 0 Å². The Balaban J connectivity index is 2.11. The van der Waals surface area contributed by atoms with E-state index in [9.17, 15) is 9.59 Å². The number of anilines is 2. The van der Waals surface area contributed by atoms with E-state index in [0.717, 1.165) is 25.7 Å². The van der Waals surface area contributed by atoms with Gasteiger partial charge in [0.05, 0.1) is 18.8 Å². The van der Waals surface area contributed by atoms with Crippen LogP contribution in [0.5, 0.6) is 5.75 Å². The Kier molecular flexibility index (Phi) is 5.98. The van der Waals surface area contributed by atoms with E-state index in [1.807, 2.05) is 0 Å². The van der Waals surface area contributed by atoms with Crippen molar-refractivity contribution in [1.82, 2.24) is 0 Å². The number of carbonyl (C=O) groups is 2. The molecule has 0 radical (unpaired) electrons. The van der Waals surface area contributed by atoms with Gasteiger partial charge < -0.3 is 21.1 Å². The highest BCUT2D eigenvalue weighted by Gasteiger charge is 2.22. The van der Waals surface area contributed by atoms with Crippen molar-refractivity contribution < 1.29 is 14.3 Å². The second-order valence-corrected chi connectivity index (χ2v) is 6.02. The largest absolute Gasteiger partial charge is 0.495 e. The molecule has 23 heavy (non-hydrogen) atoms. The number of carbonyl (C=O) groups excluding carboxylic acids is 2. The minimum Gasteiger partial charge on any atom is -0.495 e. The summed E-state index contributed by atoms with van der Waals surface area (Å²) in [4.78, 5) is 24.1. The highest BCUT2D eigenvalue weighted by atomic mass is 16.5. The van der Waals surface area contributed by atoms with E-state index in [2.05, 4.69) is 10.6 Å². The Hall–Kier alpha value is -2.08. The van der Waals surface area contributed by atoms with Gasteiger partial charge in [0.1, 0.15) is 5.75 Å². The van der Waals surface area contributed by atoms with E-state index in [-0.39, 0.29) is 17.7 Å². The fourth-order valence-corrected chi connectivity index (χ4v) is 2.74. The molecule has 0 unspecified atom stereocenters. The second kappa shape index (κ2) is 7.97. The number of ether oxygens (including phenoxy) is 1. The molecule has 1 aliphatic carbocycles. The van der Waals surface area contributed by atoms with E-state index >= 15 is 0 Å². The van der Waals surface area contributed by atoms with Crippen LogP contribution in [0.1, 0.15) is 39.0 Å².